The monoisotopic (exact) mass is 923 g/mol. The summed E-state index contributed by atoms with van der Waals surface area (Å²) in [7, 11) is 0. The average molecular weight is 924 g/mol. The Morgan fingerprint density at radius 3 is 0.615 bits per heavy atom. The molecule has 65 heavy (non-hydrogen) atoms. The summed E-state index contributed by atoms with van der Waals surface area (Å²) in [5.41, 5.74) is 2.66. The maximum Gasteiger partial charge on any atom is 0.154 e. The van der Waals surface area contributed by atoms with Crippen LogP contribution in [0.4, 0.5) is 0 Å². The highest BCUT2D eigenvalue weighted by Gasteiger charge is 2.17. The number of aryl methyl sites for hydroxylation is 2. The van der Waals surface area contributed by atoms with Crippen LogP contribution < -0.4 is 0 Å². The van der Waals surface area contributed by atoms with Crippen LogP contribution in [0.25, 0.3) is 0 Å². The molecule has 6 nitrogen and oxygen atoms in total. The second-order valence-electron chi connectivity index (χ2n) is 22.6. The maximum atomic E-state index is 5.39. The van der Waals surface area contributed by atoms with Crippen molar-refractivity contribution in [1.82, 2.24) is 0 Å². The predicted molar refractivity (Wildman–Crippen MR) is 286 cm³/mol. The first-order valence-electron chi connectivity index (χ1n) is 27.0. The third kappa shape index (κ3) is 37.5. The molecule has 1 aromatic rings. The Balaban J connectivity index is -0.000000694. The molecule has 4 aliphatic heterocycles. The summed E-state index contributed by atoms with van der Waals surface area (Å²) in [6.07, 6.45) is 24.0. The lowest BCUT2D eigenvalue weighted by Gasteiger charge is -2.24. The van der Waals surface area contributed by atoms with E-state index < -0.39 is 0 Å². The van der Waals surface area contributed by atoms with Crippen molar-refractivity contribution in [2.45, 2.75) is 246 Å². The van der Waals surface area contributed by atoms with Crippen molar-refractivity contribution in [2.24, 2.45) is 59.2 Å². The van der Waals surface area contributed by atoms with Gasteiger partial charge in [0, 0.05) is 27.9 Å². The van der Waals surface area contributed by atoms with Crippen LogP contribution in [-0.4, -0.2) is 64.4 Å². The third-order valence-electron chi connectivity index (χ3n) is 14.1. The van der Waals surface area contributed by atoms with Crippen LogP contribution in [-0.2, 0) is 28.4 Å². The maximum absolute atomic E-state index is 5.39. The first-order chi connectivity index (χ1) is 30.3. The summed E-state index contributed by atoms with van der Waals surface area (Å²) < 4.78 is 31.5. The number of benzene rings is 1. The van der Waals surface area contributed by atoms with Crippen molar-refractivity contribution in [3.63, 3.8) is 0 Å². The van der Waals surface area contributed by atoms with E-state index in [1.807, 2.05) is 13.8 Å². The third-order valence-corrected chi connectivity index (χ3v) is 14.1. The molecular weight excluding hydrogens is 805 g/mol. The summed E-state index contributed by atoms with van der Waals surface area (Å²) >= 11 is 0. The number of rotatable bonds is 0. The van der Waals surface area contributed by atoms with E-state index in [0.29, 0.717) is 24.0 Å². The van der Waals surface area contributed by atoms with Crippen molar-refractivity contribution in [1.29, 1.82) is 0 Å². The van der Waals surface area contributed by atoms with E-state index in [1.165, 1.54) is 114 Å². The minimum absolute atomic E-state index is 0. The van der Waals surface area contributed by atoms with Crippen molar-refractivity contribution >= 4 is 0 Å². The van der Waals surface area contributed by atoms with Gasteiger partial charge >= 0.3 is 0 Å². The fraction of sp³-hybridized carbons (Fsp3) is 0.898. The van der Waals surface area contributed by atoms with E-state index in [-0.39, 0.29) is 22.9 Å². The normalized spacial score (nSPS) is 35.4. The predicted octanol–water partition coefficient (Wildman–Crippen LogP) is 17.6. The van der Waals surface area contributed by atoms with Gasteiger partial charge in [-0.15, -0.1) is 0 Å². The SMILES string of the molecule is C.CC1CCC(C)CC1.CC1CCC(C)CC1.CC1CCC(C)CC1.CC1CCC(C)OC1.CC1CCC(C)OC1.CC1COC(C)OC1.CC1COC(C)OC1.Cc1ccc(C)cc1.[HH].[HH]. The molecule has 4 saturated heterocycles. The molecule has 6 heteroatoms. The lowest BCUT2D eigenvalue weighted by molar-refractivity contribution is -0.187. The summed E-state index contributed by atoms with van der Waals surface area (Å²) in [6, 6.07) is 8.48. The van der Waals surface area contributed by atoms with Crippen molar-refractivity contribution in [2.75, 3.05) is 39.6 Å². The fourth-order valence-corrected chi connectivity index (χ4v) is 8.34. The summed E-state index contributed by atoms with van der Waals surface area (Å²) in [5, 5.41) is 0. The summed E-state index contributed by atoms with van der Waals surface area (Å²) in [5.74, 6) is 8.86. The van der Waals surface area contributed by atoms with Crippen LogP contribution in [0.15, 0.2) is 24.3 Å². The van der Waals surface area contributed by atoms with Gasteiger partial charge in [0.15, 0.2) is 12.6 Å². The lowest BCUT2D eigenvalue weighted by Crippen LogP contribution is -2.27. The Bertz CT molecular complexity index is 861. The van der Waals surface area contributed by atoms with Gasteiger partial charge in [-0.1, -0.05) is 189 Å². The standard InChI is InChI=1S/3C8H16.C8H10.2C7H14O.2C6H12O2.CH4.2H2/c4*1-7-3-5-8(2)6-4-7;2*1-6-3-4-7(2)8-5-6;2*1-5-3-7-6(2)8-4-5;;;/h3*7-8H,3-6H2,1-2H3;3-6H,1-2H3;2*6-7H,3-5H2,1-2H3;2*5-6H,3-4H2,1-2H3;1H4;2*1H. The Morgan fingerprint density at radius 2 is 0.462 bits per heavy atom. The number of hydrogen-bond donors (Lipinski definition) is 0. The van der Waals surface area contributed by atoms with Crippen LogP contribution in [0.2, 0.25) is 0 Å². The minimum atomic E-state index is 0. The number of ether oxygens (including phenoxy) is 6. The minimum Gasteiger partial charge on any atom is -0.378 e. The zero-order valence-electron chi connectivity index (χ0n) is 45.4. The van der Waals surface area contributed by atoms with Crippen LogP contribution in [0, 0.1) is 73.0 Å². The second kappa shape index (κ2) is 38.8. The molecule has 4 heterocycles. The lowest BCUT2D eigenvalue weighted by atomic mass is 9.84. The molecule has 7 aliphatic rings. The Hall–Kier alpha value is -1.02. The van der Waals surface area contributed by atoms with Crippen LogP contribution in [0.3, 0.4) is 0 Å². The molecule has 0 amide bonds. The van der Waals surface area contributed by atoms with Crippen LogP contribution in [0.1, 0.15) is 221 Å². The molecule has 8 rings (SSSR count). The summed E-state index contributed by atoms with van der Waals surface area (Å²) in [6.45, 7) is 40.6. The molecule has 0 spiro atoms. The van der Waals surface area contributed by atoms with Crippen LogP contribution in [0.5, 0.6) is 0 Å². The molecule has 0 bridgehead atoms. The molecule has 4 atom stereocenters. The smallest absolute Gasteiger partial charge is 0.154 e. The molecule has 390 valence electrons. The van der Waals surface area contributed by atoms with E-state index in [0.717, 1.165) is 87.0 Å². The van der Waals surface area contributed by atoms with Gasteiger partial charge in [-0.2, -0.15) is 0 Å². The molecule has 0 radical (unpaired) electrons. The van der Waals surface area contributed by atoms with E-state index >= 15 is 0 Å². The largest absolute Gasteiger partial charge is 0.378 e. The van der Waals surface area contributed by atoms with Crippen molar-refractivity contribution < 1.29 is 31.3 Å². The Kier molecular flexibility index (Phi) is 38.2. The van der Waals surface area contributed by atoms with Crippen molar-refractivity contribution in [3.8, 4) is 0 Å². The molecule has 0 N–H and O–H groups in total. The first kappa shape index (κ1) is 64.0. The molecule has 3 aliphatic carbocycles. The second-order valence-corrected chi connectivity index (χ2v) is 22.6. The topological polar surface area (TPSA) is 55.4 Å². The molecule has 1 aromatic carbocycles. The van der Waals surface area contributed by atoms with E-state index in [2.05, 4.69) is 121 Å². The van der Waals surface area contributed by atoms with Crippen LogP contribution >= 0.6 is 0 Å². The van der Waals surface area contributed by atoms with Gasteiger partial charge < -0.3 is 28.4 Å². The highest BCUT2D eigenvalue weighted by atomic mass is 16.7. The van der Waals surface area contributed by atoms with E-state index in [9.17, 15) is 0 Å². The average Bonchev–Trinajstić information content (AvgIpc) is 3.28. The highest BCUT2D eigenvalue weighted by molar-refractivity contribution is 5.19. The first-order valence-corrected chi connectivity index (χ1v) is 27.0. The van der Waals surface area contributed by atoms with E-state index in [4.69, 9.17) is 28.4 Å². The molecule has 3 saturated carbocycles. The zero-order valence-corrected chi connectivity index (χ0v) is 45.4. The number of hydrogen-bond acceptors (Lipinski definition) is 6. The highest BCUT2D eigenvalue weighted by Crippen LogP contribution is 2.29. The van der Waals surface area contributed by atoms with E-state index in [1.54, 1.807) is 0 Å². The van der Waals surface area contributed by atoms with Gasteiger partial charge in [-0.3, -0.25) is 0 Å². The molecular formula is C59H118O6. The molecule has 0 aromatic heterocycles. The van der Waals surface area contributed by atoms with Gasteiger partial charge in [-0.25, -0.2) is 0 Å². The zero-order chi connectivity index (χ0) is 47.9. The van der Waals surface area contributed by atoms with Gasteiger partial charge in [0.25, 0.3) is 0 Å². The van der Waals surface area contributed by atoms with Crippen molar-refractivity contribution in [3.05, 3.63) is 35.4 Å². The van der Waals surface area contributed by atoms with Gasteiger partial charge in [-0.05, 0) is 115 Å². The quantitative estimate of drug-likeness (QED) is 0.258. The molecule has 7 fully saturated rings. The Labute approximate surface area is 409 Å². The summed E-state index contributed by atoms with van der Waals surface area (Å²) in [4.78, 5) is 0. The van der Waals surface area contributed by atoms with Gasteiger partial charge in [0.05, 0.1) is 38.6 Å². The Morgan fingerprint density at radius 1 is 0.277 bits per heavy atom. The van der Waals surface area contributed by atoms with Gasteiger partial charge in [0.2, 0.25) is 0 Å². The fourth-order valence-electron chi connectivity index (χ4n) is 8.34. The van der Waals surface area contributed by atoms with Gasteiger partial charge in [0.1, 0.15) is 0 Å². The molecule has 4 unspecified atom stereocenters.